The molecule has 0 aliphatic carbocycles. The Morgan fingerprint density at radius 3 is 2.94 bits per heavy atom. The third-order valence-electron chi connectivity index (χ3n) is 2.46. The number of nitrogens with zero attached hydrogens (tertiary/aromatic N) is 2. The third kappa shape index (κ3) is 3.13. The second-order valence-corrected chi connectivity index (χ2v) is 4.94. The first-order chi connectivity index (χ1) is 8.69. The van der Waals surface area contributed by atoms with Gasteiger partial charge in [-0.2, -0.15) is 5.26 Å². The number of halogens is 1. The number of benzene rings is 1. The number of hydrogen-bond donors (Lipinski definition) is 1. The largest absolute Gasteiger partial charge is 0.307 e. The smallest absolute Gasteiger partial charge is 0.127 e. The van der Waals surface area contributed by atoms with Gasteiger partial charge in [0.25, 0.3) is 0 Å². The van der Waals surface area contributed by atoms with Crippen LogP contribution < -0.4 is 5.32 Å². The minimum absolute atomic E-state index is 0.295. The number of rotatable bonds is 4. The Bertz CT molecular complexity index is 586. The van der Waals surface area contributed by atoms with Gasteiger partial charge in [-0.15, -0.1) is 11.3 Å². The first-order valence-electron chi connectivity index (χ1n) is 5.49. The van der Waals surface area contributed by atoms with Gasteiger partial charge in [-0.05, 0) is 25.1 Å². The van der Waals surface area contributed by atoms with E-state index in [4.69, 9.17) is 5.26 Å². The summed E-state index contributed by atoms with van der Waals surface area (Å²) in [5.41, 5.74) is 1.92. The molecule has 3 nitrogen and oxygen atoms in total. The molecule has 0 saturated carbocycles. The van der Waals surface area contributed by atoms with Gasteiger partial charge in [0.2, 0.25) is 0 Å². The van der Waals surface area contributed by atoms with E-state index in [0.29, 0.717) is 24.2 Å². The minimum atomic E-state index is -0.295. The molecule has 1 heterocycles. The van der Waals surface area contributed by atoms with E-state index in [1.165, 1.54) is 12.1 Å². The molecule has 18 heavy (non-hydrogen) atoms. The van der Waals surface area contributed by atoms with E-state index >= 15 is 0 Å². The number of thiazole rings is 1. The molecule has 0 radical (unpaired) electrons. The second-order valence-electron chi connectivity index (χ2n) is 3.88. The molecule has 0 bridgehead atoms. The van der Waals surface area contributed by atoms with Crippen LogP contribution in [0.2, 0.25) is 0 Å². The van der Waals surface area contributed by atoms with Gasteiger partial charge in [-0.3, -0.25) is 0 Å². The molecule has 0 unspecified atom stereocenters. The highest BCUT2D eigenvalue weighted by Gasteiger charge is 2.04. The van der Waals surface area contributed by atoms with Crippen molar-refractivity contribution in [3.8, 4) is 6.07 Å². The molecule has 1 aromatic carbocycles. The number of aryl methyl sites for hydroxylation is 1. The van der Waals surface area contributed by atoms with Crippen LogP contribution in [0.3, 0.4) is 0 Å². The lowest BCUT2D eigenvalue weighted by Gasteiger charge is -2.05. The number of hydrogen-bond acceptors (Lipinski definition) is 4. The Morgan fingerprint density at radius 1 is 1.44 bits per heavy atom. The van der Waals surface area contributed by atoms with E-state index in [1.807, 2.05) is 18.4 Å². The van der Waals surface area contributed by atoms with Crippen LogP contribution in [0, 0.1) is 24.1 Å². The van der Waals surface area contributed by atoms with Crippen LogP contribution in [0.4, 0.5) is 4.39 Å². The molecule has 5 heteroatoms. The summed E-state index contributed by atoms with van der Waals surface area (Å²) in [4.78, 5) is 4.31. The molecule has 0 spiro atoms. The fraction of sp³-hybridized carbons (Fsp3) is 0.231. The molecule has 92 valence electrons. The molecule has 0 atom stereocenters. The number of aromatic nitrogens is 1. The van der Waals surface area contributed by atoms with Crippen molar-refractivity contribution >= 4 is 11.3 Å². The predicted octanol–water partition coefficient (Wildman–Crippen LogP) is 2.75. The molecular weight excluding hydrogens is 249 g/mol. The van der Waals surface area contributed by atoms with Crippen LogP contribution in [0.15, 0.2) is 23.6 Å². The van der Waals surface area contributed by atoms with Gasteiger partial charge < -0.3 is 5.32 Å². The molecular formula is C13H12FN3S. The Balaban J connectivity index is 1.96. The fourth-order valence-corrected chi connectivity index (χ4v) is 2.21. The van der Waals surface area contributed by atoms with Crippen LogP contribution in [-0.2, 0) is 13.1 Å². The van der Waals surface area contributed by atoms with Crippen LogP contribution in [-0.4, -0.2) is 4.98 Å². The molecule has 0 saturated heterocycles. The highest BCUT2D eigenvalue weighted by molar-refractivity contribution is 7.09. The molecule has 0 fully saturated rings. The quantitative estimate of drug-likeness (QED) is 0.920. The summed E-state index contributed by atoms with van der Waals surface area (Å²) < 4.78 is 13.5. The number of nitriles is 1. The van der Waals surface area contributed by atoms with Crippen molar-refractivity contribution in [3.63, 3.8) is 0 Å². The van der Waals surface area contributed by atoms with E-state index in [1.54, 1.807) is 17.4 Å². The molecule has 0 aliphatic heterocycles. The summed E-state index contributed by atoms with van der Waals surface area (Å²) in [6, 6.07) is 6.36. The zero-order valence-electron chi connectivity index (χ0n) is 9.90. The molecule has 0 amide bonds. The van der Waals surface area contributed by atoms with Gasteiger partial charge in [0.15, 0.2) is 0 Å². The van der Waals surface area contributed by atoms with Gasteiger partial charge >= 0.3 is 0 Å². The SMILES string of the molecule is Cc1nc(CNCc2cc(C#N)ccc2F)cs1. The van der Waals surface area contributed by atoms with Crippen molar-refractivity contribution in [2.45, 2.75) is 20.0 Å². The predicted molar refractivity (Wildman–Crippen MR) is 68.5 cm³/mol. The van der Waals surface area contributed by atoms with Gasteiger partial charge in [0.1, 0.15) is 5.82 Å². The van der Waals surface area contributed by atoms with Gasteiger partial charge in [0, 0.05) is 24.0 Å². The van der Waals surface area contributed by atoms with Crippen molar-refractivity contribution in [2.75, 3.05) is 0 Å². The Kier molecular flexibility index (Phi) is 4.03. The lowest BCUT2D eigenvalue weighted by molar-refractivity contribution is 0.586. The maximum atomic E-state index is 13.5. The van der Waals surface area contributed by atoms with Gasteiger partial charge in [0.05, 0.1) is 22.3 Å². The zero-order chi connectivity index (χ0) is 13.0. The average Bonchev–Trinajstić information content (AvgIpc) is 2.77. The van der Waals surface area contributed by atoms with E-state index in [-0.39, 0.29) is 5.82 Å². The normalized spacial score (nSPS) is 10.3. The molecule has 1 N–H and O–H groups in total. The average molecular weight is 261 g/mol. The van der Waals surface area contributed by atoms with E-state index < -0.39 is 0 Å². The molecule has 2 rings (SSSR count). The monoisotopic (exact) mass is 261 g/mol. The second kappa shape index (κ2) is 5.71. The molecule has 2 aromatic rings. The first-order valence-corrected chi connectivity index (χ1v) is 6.37. The van der Waals surface area contributed by atoms with E-state index in [0.717, 1.165) is 10.7 Å². The summed E-state index contributed by atoms with van der Waals surface area (Å²) in [5.74, 6) is -0.295. The topological polar surface area (TPSA) is 48.7 Å². The van der Waals surface area contributed by atoms with Crippen molar-refractivity contribution in [3.05, 3.63) is 51.2 Å². The highest BCUT2D eigenvalue weighted by atomic mass is 32.1. The Morgan fingerprint density at radius 2 is 2.28 bits per heavy atom. The van der Waals surface area contributed by atoms with Crippen molar-refractivity contribution < 1.29 is 4.39 Å². The maximum Gasteiger partial charge on any atom is 0.127 e. The van der Waals surface area contributed by atoms with Crippen LogP contribution >= 0.6 is 11.3 Å². The van der Waals surface area contributed by atoms with Crippen molar-refractivity contribution in [1.82, 2.24) is 10.3 Å². The lowest BCUT2D eigenvalue weighted by atomic mass is 10.1. The van der Waals surface area contributed by atoms with Gasteiger partial charge in [-0.1, -0.05) is 0 Å². The maximum absolute atomic E-state index is 13.5. The zero-order valence-corrected chi connectivity index (χ0v) is 10.7. The summed E-state index contributed by atoms with van der Waals surface area (Å²) >= 11 is 1.59. The third-order valence-corrected chi connectivity index (χ3v) is 3.29. The molecule has 0 aliphatic rings. The molecule has 1 aromatic heterocycles. The lowest BCUT2D eigenvalue weighted by Crippen LogP contribution is -2.14. The summed E-state index contributed by atoms with van der Waals surface area (Å²) in [7, 11) is 0. The highest BCUT2D eigenvalue weighted by Crippen LogP contribution is 2.11. The van der Waals surface area contributed by atoms with Crippen LogP contribution in [0.1, 0.15) is 21.8 Å². The van der Waals surface area contributed by atoms with Crippen molar-refractivity contribution in [1.29, 1.82) is 5.26 Å². The van der Waals surface area contributed by atoms with Gasteiger partial charge in [-0.25, -0.2) is 9.37 Å². The number of nitrogens with one attached hydrogen (secondary N) is 1. The standard InChI is InChI=1S/C13H12FN3S/c1-9-17-12(8-18-9)7-16-6-11-4-10(5-15)2-3-13(11)14/h2-4,8,16H,6-7H2,1H3. The van der Waals surface area contributed by atoms with Crippen LogP contribution in [0.5, 0.6) is 0 Å². The van der Waals surface area contributed by atoms with E-state index in [2.05, 4.69) is 10.3 Å². The first kappa shape index (κ1) is 12.7. The fourth-order valence-electron chi connectivity index (χ4n) is 1.59. The van der Waals surface area contributed by atoms with E-state index in [9.17, 15) is 4.39 Å². The summed E-state index contributed by atoms with van der Waals surface area (Å²) in [6.07, 6.45) is 0. The minimum Gasteiger partial charge on any atom is -0.307 e. The van der Waals surface area contributed by atoms with Crippen molar-refractivity contribution in [2.24, 2.45) is 0 Å². The summed E-state index contributed by atoms with van der Waals surface area (Å²) in [5, 5.41) is 14.9. The summed E-state index contributed by atoms with van der Waals surface area (Å²) in [6.45, 7) is 2.93. The van der Waals surface area contributed by atoms with Crippen LogP contribution in [0.25, 0.3) is 0 Å². The Labute approximate surface area is 109 Å². The Hall–Kier alpha value is -1.77.